The summed E-state index contributed by atoms with van der Waals surface area (Å²) in [5.74, 6) is -1.20. The third-order valence-electron chi connectivity index (χ3n) is 2.37. The highest BCUT2D eigenvalue weighted by Crippen LogP contribution is 2.11. The third kappa shape index (κ3) is 4.33. The summed E-state index contributed by atoms with van der Waals surface area (Å²) in [6, 6.07) is 7.03. The van der Waals surface area contributed by atoms with Gasteiger partial charge < -0.3 is 10.4 Å². The van der Waals surface area contributed by atoms with Crippen molar-refractivity contribution in [3.63, 3.8) is 0 Å². The van der Waals surface area contributed by atoms with Gasteiger partial charge in [0.15, 0.2) is 0 Å². The maximum Gasteiger partial charge on any atom is 0.309 e. The van der Waals surface area contributed by atoms with Crippen LogP contribution in [0, 0.1) is 0 Å². The van der Waals surface area contributed by atoms with Crippen LogP contribution in [0.15, 0.2) is 41.9 Å². The van der Waals surface area contributed by atoms with Crippen LogP contribution in [0.4, 0.5) is 5.69 Å². The van der Waals surface area contributed by atoms with Gasteiger partial charge >= 0.3 is 5.97 Å². The summed E-state index contributed by atoms with van der Waals surface area (Å²) >= 11 is 1.54. The Morgan fingerprint density at radius 3 is 2.80 bits per heavy atom. The summed E-state index contributed by atoms with van der Waals surface area (Å²) in [7, 11) is 0. The Bertz CT molecular complexity index is 618. The maximum atomic E-state index is 11.7. The topological polar surface area (TPSA) is 79.3 Å². The van der Waals surface area contributed by atoms with Gasteiger partial charge in [0.05, 0.1) is 24.0 Å². The molecule has 0 bridgehead atoms. The van der Waals surface area contributed by atoms with Gasteiger partial charge in [-0.1, -0.05) is 6.07 Å². The van der Waals surface area contributed by atoms with Crippen molar-refractivity contribution < 1.29 is 14.7 Å². The van der Waals surface area contributed by atoms with E-state index in [0.29, 0.717) is 11.4 Å². The minimum atomic E-state index is -0.937. The molecule has 0 radical (unpaired) electrons. The van der Waals surface area contributed by atoms with E-state index in [1.807, 2.05) is 17.5 Å². The molecule has 0 fully saturated rings. The first-order valence-corrected chi connectivity index (χ1v) is 6.71. The van der Waals surface area contributed by atoms with Crippen molar-refractivity contribution in [3.8, 4) is 0 Å². The van der Waals surface area contributed by atoms with Gasteiger partial charge in [0.2, 0.25) is 5.91 Å². The number of hydrogen-bond donors (Lipinski definition) is 2. The minimum absolute atomic E-state index is 0.132. The molecule has 5 nitrogen and oxygen atoms in total. The predicted molar refractivity (Wildman–Crippen MR) is 77.6 cm³/mol. The van der Waals surface area contributed by atoms with Crippen molar-refractivity contribution in [2.24, 2.45) is 0 Å². The highest BCUT2D eigenvalue weighted by Gasteiger charge is 2.03. The van der Waals surface area contributed by atoms with E-state index in [9.17, 15) is 9.59 Å². The van der Waals surface area contributed by atoms with Crippen LogP contribution in [0.3, 0.4) is 0 Å². The van der Waals surface area contributed by atoms with E-state index in [1.54, 1.807) is 29.5 Å². The number of amides is 1. The monoisotopic (exact) mass is 288 g/mol. The molecule has 0 atom stereocenters. The largest absolute Gasteiger partial charge is 0.481 e. The SMILES string of the molecule is O=C(O)Cc1ccc(NC(=O)/C=C/c2cccs2)cn1. The van der Waals surface area contributed by atoms with Gasteiger partial charge in [-0.25, -0.2) is 0 Å². The molecule has 0 saturated carbocycles. The molecule has 1 amide bonds. The van der Waals surface area contributed by atoms with Crippen LogP contribution >= 0.6 is 11.3 Å². The molecule has 0 aliphatic carbocycles. The van der Waals surface area contributed by atoms with Crippen molar-refractivity contribution in [3.05, 3.63) is 52.5 Å². The molecular weight excluding hydrogens is 276 g/mol. The lowest BCUT2D eigenvalue weighted by atomic mass is 10.2. The van der Waals surface area contributed by atoms with Gasteiger partial charge in [-0.05, 0) is 29.7 Å². The average Bonchev–Trinajstić information content (AvgIpc) is 2.91. The third-order valence-corrected chi connectivity index (χ3v) is 3.20. The molecule has 0 saturated heterocycles. The maximum absolute atomic E-state index is 11.7. The van der Waals surface area contributed by atoms with Gasteiger partial charge in [0, 0.05) is 11.0 Å². The van der Waals surface area contributed by atoms with Crippen LogP contribution in [0.1, 0.15) is 10.6 Å². The quantitative estimate of drug-likeness (QED) is 0.828. The average molecular weight is 288 g/mol. The lowest BCUT2D eigenvalue weighted by Gasteiger charge is -2.02. The van der Waals surface area contributed by atoms with Crippen molar-refractivity contribution in [2.75, 3.05) is 5.32 Å². The first-order chi connectivity index (χ1) is 9.63. The molecule has 20 heavy (non-hydrogen) atoms. The second-order valence-electron chi connectivity index (χ2n) is 3.95. The Hall–Kier alpha value is -2.47. The summed E-state index contributed by atoms with van der Waals surface area (Å²) in [5.41, 5.74) is 0.976. The summed E-state index contributed by atoms with van der Waals surface area (Å²) in [6.45, 7) is 0. The van der Waals surface area contributed by atoms with E-state index in [1.165, 1.54) is 12.3 Å². The van der Waals surface area contributed by atoms with Crippen molar-refractivity contribution in [1.29, 1.82) is 0 Å². The number of thiophene rings is 1. The summed E-state index contributed by atoms with van der Waals surface area (Å²) in [4.78, 5) is 27.1. The molecule has 0 aromatic carbocycles. The second-order valence-corrected chi connectivity index (χ2v) is 4.93. The molecule has 0 unspecified atom stereocenters. The van der Waals surface area contributed by atoms with Gasteiger partial charge in [0.25, 0.3) is 0 Å². The summed E-state index contributed by atoms with van der Waals surface area (Å²) in [6.07, 6.45) is 4.48. The number of aromatic nitrogens is 1. The van der Waals surface area contributed by atoms with Gasteiger partial charge in [-0.3, -0.25) is 14.6 Å². The lowest BCUT2D eigenvalue weighted by Crippen LogP contribution is -2.08. The van der Waals surface area contributed by atoms with E-state index in [0.717, 1.165) is 4.88 Å². The molecule has 2 aromatic heterocycles. The van der Waals surface area contributed by atoms with Gasteiger partial charge in [-0.15, -0.1) is 11.3 Å². The molecule has 6 heteroatoms. The fourth-order valence-electron chi connectivity index (χ4n) is 1.49. The fourth-order valence-corrected chi connectivity index (χ4v) is 2.10. The fraction of sp³-hybridized carbons (Fsp3) is 0.0714. The number of hydrogen-bond acceptors (Lipinski definition) is 4. The van der Waals surface area contributed by atoms with Crippen molar-refractivity contribution >= 4 is 35.0 Å². The predicted octanol–water partition coefficient (Wildman–Crippen LogP) is 2.42. The molecule has 0 spiro atoms. The Labute approximate surface area is 119 Å². The number of carbonyl (C=O) groups is 2. The Morgan fingerprint density at radius 1 is 1.35 bits per heavy atom. The Kier molecular flexibility index (Phi) is 4.62. The number of nitrogens with one attached hydrogen (secondary N) is 1. The Morgan fingerprint density at radius 2 is 2.20 bits per heavy atom. The number of pyridine rings is 1. The van der Waals surface area contributed by atoms with E-state index in [4.69, 9.17) is 5.11 Å². The van der Waals surface area contributed by atoms with E-state index in [-0.39, 0.29) is 12.3 Å². The molecule has 102 valence electrons. The molecule has 2 heterocycles. The van der Waals surface area contributed by atoms with Crippen molar-refractivity contribution in [1.82, 2.24) is 4.98 Å². The minimum Gasteiger partial charge on any atom is -0.481 e. The van der Waals surface area contributed by atoms with E-state index in [2.05, 4.69) is 10.3 Å². The zero-order valence-electron chi connectivity index (χ0n) is 10.4. The van der Waals surface area contributed by atoms with E-state index < -0.39 is 5.97 Å². The number of anilines is 1. The van der Waals surface area contributed by atoms with Crippen LogP contribution in [0.5, 0.6) is 0 Å². The Balaban J connectivity index is 1.92. The molecule has 0 aliphatic rings. The molecule has 0 aliphatic heterocycles. The molecule has 2 aromatic rings. The zero-order valence-corrected chi connectivity index (χ0v) is 11.3. The van der Waals surface area contributed by atoms with Crippen LogP contribution in [-0.2, 0) is 16.0 Å². The van der Waals surface area contributed by atoms with E-state index >= 15 is 0 Å². The first kappa shape index (κ1) is 14.0. The first-order valence-electron chi connectivity index (χ1n) is 5.83. The summed E-state index contributed by atoms with van der Waals surface area (Å²) in [5, 5.41) is 13.2. The lowest BCUT2D eigenvalue weighted by molar-refractivity contribution is -0.136. The number of carboxylic acid groups (broad SMARTS) is 1. The van der Waals surface area contributed by atoms with Crippen LogP contribution in [0.25, 0.3) is 6.08 Å². The highest BCUT2D eigenvalue weighted by atomic mass is 32.1. The van der Waals surface area contributed by atoms with Crippen LogP contribution < -0.4 is 5.32 Å². The number of carbonyl (C=O) groups excluding carboxylic acids is 1. The number of aliphatic carboxylic acids is 1. The highest BCUT2D eigenvalue weighted by molar-refractivity contribution is 7.10. The number of rotatable bonds is 5. The molecule has 2 rings (SSSR count). The second kappa shape index (κ2) is 6.63. The standard InChI is InChI=1S/C14H12N2O3S/c17-13(6-5-12-2-1-7-20-12)16-11-4-3-10(15-9-11)8-14(18)19/h1-7,9H,8H2,(H,16,17)(H,18,19)/b6-5+. The van der Waals surface area contributed by atoms with Gasteiger partial charge in [-0.2, -0.15) is 0 Å². The number of carboxylic acids is 1. The summed E-state index contributed by atoms with van der Waals surface area (Å²) < 4.78 is 0. The van der Waals surface area contributed by atoms with Crippen LogP contribution in [-0.4, -0.2) is 22.0 Å². The van der Waals surface area contributed by atoms with Crippen molar-refractivity contribution in [2.45, 2.75) is 6.42 Å². The normalized spacial score (nSPS) is 10.6. The number of nitrogens with zero attached hydrogens (tertiary/aromatic N) is 1. The zero-order chi connectivity index (χ0) is 14.4. The van der Waals surface area contributed by atoms with Gasteiger partial charge in [0.1, 0.15) is 0 Å². The van der Waals surface area contributed by atoms with Crippen LogP contribution in [0.2, 0.25) is 0 Å². The molecular formula is C14H12N2O3S. The molecule has 2 N–H and O–H groups in total. The smallest absolute Gasteiger partial charge is 0.309 e.